The number of carbonyl (C=O) groups excluding carboxylic acids is 1. The van der Waals surface area contributed by atoms with Crippen LogP contribution in [0.1, 0.15) is 63.3 Å². The van der Waals surface area contributed by atoms with Crippen LogP contribution in [0.3, 0.4) is 0 Å². The van der Waals surface area contributed by atoms with Gasteiger partial charge in [0, 0.05) is 11.1 Å². The first-order valence-corrected chi connectivity index (χ1v) is 12.4. The molecular weight excluding hydrogens is 464 g/mol. The molecule has 3 aromatic carbocycles. The Morgan fingerprint density at radius 1 is 1.03 bits per heavy atom. The summed E-state index contributed by atoms with van der Waals surface area (Å²) in [6, 6.07) is 21.5. The number of fused-ring (bicyclic) bond motifs is 5. The van der Waals surface area contributed by atoms with E-state index < -0.39 is 17.1 Å². The van der Waals surface area contributed by atoms with Gasteiger partial charge in [-0.3, -0.25) is 9.59 Å². The molecule has 0 spiro atoms. The minimum Gasteiger partial charge on any atom is -0.477 e. The zero-order valence-corrected chi connectivity index (χ0v) is 21.3. The second-order valence-electron chi connectivity index (χ2n) is 10.4. The van der Waals surface area contributed by atoms with Crippen molar-refractivity contribution in [3.05, 3.63) is 128 Å². The molecule has 1 aliphatic carbocycles. The number of Topliss-reactive ketones (excluding diaryl/α,β-unsaturated/α-hetero) is 1. The molecule has 37 heavy (non-hydrogen) atoms. The van der Waals surface area contributed by atoms with Crippen LogP contribution in [0.2, 0.25) is 0 Å². The second kappa shape index (κ2) is 7.98. The lowest BCUT2D eigenvalue weighted by Gasteiger charge is -2.40. The van der Waals surface area contributed by atoms with Crippen LogP contribution in [0.25, 0.3) is 0 Å². The average Bonchev–Trinajstić information content (AvgIpc) is 3.22. The summed E-state index contributed by atoms with van der Waals surface area (Å²) < 4.78 is 6.92. The van der Waals surface area contributed by atoms with Crippen LogP contribution < -0.4 is 10.3 Å². The predicted molar refractivity (Wildman–Crippen MR) is 140 cm³/mol. The third-order valence-electron chi connectivity index (χ3n) is 7.69. The summed E-state index contributed by atoms with van der Waals surface area (Å²) in [5.74, 6) is 0.00951. The Morgan fingerprint density at radius 3 is 2.41 bits per heavy atom. The summed E-state index contributed by atoms with van der Waals surface area (Å²) >= 11 is 0. The molecule has 1 aromatic heterocycles. The number of rotatable bonds is 4. The summed E-state index contributed by atoms with van der Waals surface area (Å²) in [4.78, 5) is 33.4. The minimum atomic E-state index is -1.77. The molecule has 186 valence electrons. The summed E-state index contributed by atoms with van der Waals surface area (Å²) in [7, 11) is 0. The van der Waals surface area contributed by atoms with E-state index in [0.717, 1.165) is 27.8 Å². The van der Waals surface area contributed by atoms with E-state index >= 15 is 0 Å². The Hall–Kier alpha value is -4.03. The molecule has 6 heteroatoms. The van der Waals surface area contributed by atoms with Crippen molar-refractivity contribution < 1.29 is 14.6 Å². The highest BCUT2D eigenvalue weighted by Crippen LogP contribution is 2.68. The number of aryl methyl sites for hydroxylation is 3. The van der Waals surface area contributed by atoms with Crippen molar-refractivity contribution in [2.45, 2.75) is 51.2 Å². The van der Waals surface area contributed by atoms with Gasteiger partial charge in [-0.1, -0.05) is 66.2 Å². The number of carbonyl (C=O) groups is 1. The van der Waals surface area contributed by atoms with Crippen molar-refractivity contribution >= 4 is 5.78 Å². The Bertz CT molecular complexity index is 1620. The lowest BCUT2D eigenvalue weighted by Crippen LogP contribution is -2.49. The number of benzene rings is 3. The number of nitrogens with one attached hydrogen (secondary N) is 1. The molecule has 3 atom stereocenters. The maximum atomic E-state index is 13.8. The average molecular weight is 493 g/mol. The van der Waals surface area contributed by atoms with E-state index in [0.29, 0.717) is 16.9 Å². The van der Waals surface area contributed by atoms with Crippen LogP contribution in [0, 0.1) is 20.8 Å². The van der Waals surface area contributed by atoms with Crippen LogP contribution >= 0.6 is 0 Å². The van der Waals surface area contributed by atoms with Gasteiger partial charge in [0.05, 0.1) is 23.6 Å². The standard InChI is InChI=1S/C31H28N2O4/c1-17-10-12-22(13-11-17)31-27(21-8-6-5-7-9-21)25-28(32-24(16-20(4)34)33-29(25)35)30(31,36)26-19(3)14-18(2)15-23(26)37-31/h5-15,27,36H,16H2,1-4H3,(H,32,33,35)/t27-,30+,31+/m1/s1. The van der Waals surface area contributed by atoms with Crippen molar-refractivity contribution in [2.24, 2.45) is 0 Å². The highest BCUT2D eigenvalue weighted by atomic mass is 16.5. The number of ether oxygens (including phenoxy) is 1. The largest absolute Gasteiger partial charge is 0.477 e. The van der Waals surface area contributed by atoms with Crippen molar-refractivity contribution in [1.82, 2.24) is 9.97 Å². The van der Waals surface area contributed by atoms with E-state index in [1.807, 2.05) is 87.5 Å². The normalized spacial score (nSPS) is 23.2. The summed E-state index contributed by atoms with van der Waals surface area (Å²) in [5, 5.41) is 13.1. The Labute approximate surface area is 215 Å². The van der Waals surface area contributed by atoms with Crippen molar-refractivity contribution in [3.8, 4) is 5.75 Å². The van der Waals surface area contributed by atoms with E-state index in [-0.39, 0.29) is 29.3 Å². The number of nitrogens with zero attached hydrogens (tertiary/aromatic N) is 1. The highest BCUT2D eigenvalue weighted by molar-refractivity contribution is 5.77. The first kappa shape index (κ1) is 23.4. The van der Waals surface area contributed by atoms with Gasteiger partial charge in [-0.05, 0) is 50.5 Å². The molecule has 0 bridgehead atoms. The number of ketones is 1. The number of hydrogen-bond donors (Lipinski definition) is 2. The van der Waals surface area contributed by atoms with Crippen molar-refractivity contribution in [2.75, 3.05) is 0 Å². The third kappa shape index (κ3) is 3.12. The van der Waals surface area contributed by atoms with Gasteiger partial charge in [-0.2, -0.15) is 0 Å². The predicted octanol–water partition coefficient (Wildman–Crippen LogP) is 4.50. The molecule has 0 unspecified atom stereocenters. The van der Waals surface area contributed by atoms with E-state index in [9.17, 15) is 14.7 Å². The van der Waals surface area contributed by atoms with Gasteiger partial charge >= 0.3 is 0 Å². The van der Waals surface area contributed by atoms with Crippen LogP contribution in [-0.2, 0) is 22.4 Å². The maximum absolute atomic E-state index is 13.8. The Balaban J connectivity index is 1.79. The van der Waals surface area contributed by atoms with Crippen molar-refractivity contribution in [3.63, 3.8) is 0 Å². The molecular formula is C31H28N2O4. The summed E-state index contributed by atoms with van der Waals surface area (Å²) in [5.41, 5.74) is 2.16. The van der Waals surface area contributed by atoms with Gasteiger partial charge in [-0.15, -0.1) is 0 Å². The second-order valence-corrected chi connectivity index (χ2v) is 10.4. The molecule has 6 nitrogen and oxygen atoms in total. The van der Waals surface area contributed by atoms with Gasteiger partial charge in [0.15, 0.2) is 11.2 Å². The number of H-pyrrole nitrogens is 1. The first-order valence-electron chi connectivity index (χ1n) is 12.4. The van der Waals surface area contributed by atoms with E-state index in [4.69, 9.17) is 9.72 Å². The van der Waals surface area contributed by atoms with Gasteiger partial charge < -0.3 is 14.8 Å². The quantitative estimate of drug-likeness (QED) is 0.438. The fourth-order valence-corrected chi connectivity index (χ4v) is 6.35. The molecule has 0 saturated heterocycles. The number of aliphatic hydroxyl groups is 1. The number of aromatic nitrogens is 2. The molecule has 0 fully saturated rings. The lowest BCUT2D eigenvalue weighted by molar-refractivity contribution is -0.116. The SMILES string of the molecule is CC(=O)Cc1nc2c(c(=O)[nH]1)[C@@H](c1ccccc1)[C@]1(c3ccc(C)cc3)Oc3cc(C)cc(C)c3[C@]21O. The molecule has 0 amide bonds. The number of hydrogen-bond acceptors (Lipinski definition) is 5. The Kier molecular flexibility index (Phi) is 5.04. The van der Waals surface area contributed by atoms with E-state index in [1.165, 1.54) is 6.92 Å². The van der Waals surface area contributed by atoms with E-state index in [2.05, 4.69) is 4.98 Å². The lowest BCUT2D eigenvalue weighted by atomic mass is 9.69. The van der Waals surface area contributed by atoms with Gasteiger partial charge in [0.2, 0.25) is 0 Å². The van der Waals surface area contributed by atoms with Gasteiger partial charge in [0.1, 0.15) is 17.4 Å². The molecule has 2 aliphatic rings. The fraction of sp³-hybridized carbons (Fsp3) is 0.258. The first-order chi connectivity index (χ1) is 17.7. The summed E-state index contributed by atoms with van der Waals surface area (Å²) in [6.07, 6.45) is -0.0350. The minimum absolute atomic E-state index is 0.0350. The Morgan fingerprint density at radius 2 is 1.73 bits per heavy atom. The summed E-state index contributed by atoms with van der Waals surface area (Å²) in [6.45, 7) is 7.39. The highest BCUT2D eigenvalue weighted by Gasteiger charge is 2.73. The van der Waals surface area contributed by atoms with Crippen molar-refractivity contribution in [1.29, 1.82) is 0 Å². The smallest absolute Gasteiger partial charge is 0.255 e. The van der Waals surface area contributed by atoms with Crippen LogP contribution in [0.15, 0.2) is 71.5 Å². The maximum Gasteiger partial charge on any atom is 0.255 e. The van der Waals surface area contributed by atoms with Gasteiger partial charge in [0.25, 0.3) is 5.56 Å². The third-order valence-corrected chi connectivity index (χ3v) is 7.69. The number of aromatic amines is 1. The van der Waals surface area contributed by atoms with Gasteiger partial charge in [-0.25, -0.2) is 4.98 Å². The monoisotopic (exact) mass is 492 g/mol. The van der Waals surface area contributed by atoms with Crippen LogP contribution in [0.4, 0.5) is 0 Å². The van der Waals surface area contributed by atoms with Crippen LogP contribution in [-0.4, -0.2) is 20.9 Å². The molecule has 1 aliphatic heterocycles. The topological polar surface area (TPSA) is 92.3 Å². The molecule has 2 heterocycles. The van der Waals surface area contributed by atoms with E-state index in [1.54, 1.807) is 0 Å². The molecule has 4 aromatic rings. The fourth-order valence-electron chi connectivity index (χ4n) is 6.35. The molecule has 6 rings (SSSR count). The molecule has 0 radical (unpaired) electrons. The zero-order chi connectivity index (χ0) is 26.1. The van der Waals surface area contributed by atoms with Crippen LogP contribution in [0.5, 0.6) is 5.75 Å². The zero-order valence-electron chi connectivity index (χ0n) is 21.3. The molecule has 2 N–H and O–H groups in total. The molecule has 0 saturated carbocycles.